The predicted octanol–water partition coefficient (Wildman–Crippen LogP) is 3.25. The third-order valence-electron chi connectivity index (χ3n) is 5.02. The first-order valence-corrected chi connectivity index (χ1v) is 9.85. The van der Waals surface area contributed by atoms with Crippen LogP contribution >= 0.6 is 11.3 Å². The minimum absolute atomic E-state index is 0.0884. The fraction of sp³-hybridized carbons (Fsp3) is 0.450. The van der Waals surface area contributed by atoms with Crippen LogP contribution in [0.1, 0.15) is 59.0 Å². The Bertz CT molecular complexity index is 877. The van der Waals surface area contributed by atoms with E-state index in [1.807, 2.05) is 46.1 Å². The van der Waals surface area contributed by atoms with Crippen molar-refractivity contribution in [3.8, 4) is 0 Å². The number of carbonyl (C=O) groups is 2. The van der Waals surface area contributed by atoms with E-state index < -0.39 is 17.7 Å². The smallest absolute Gasteiger partial charge is 0.340 e. The maximum absolute atomic E-state index is 12.7. The Hall–Kier alpha value is -2.25. The highest BCUT2D eigenvalue weighted by atomic mass is 32.1. The van der Waals surface area contributed by atoms with Crippen molar-refractivity contribution < 1.29 is 14.3 Å². The summed E-state index contributed by atoms with van der Waals surface area (Å²) in [6.45, 7) is 9.92. The van der Waals surface area contributed by atoms with Crippen molar-refractivity contribution in [3.05, 3.63) is 51.0 Å². The fourth-order valence-corrected chi connectivity index (χ4v) is 3.79. The van der Waals surface area contributed by atoms with Gasteiger partial charge in [0.05, 0.1) is 16.8 Å². The molecule has 0 bridgehead atoms. The Labute approximate surface area is 163 Å². The van der Waals surface area contributed by atoms with E-state index >= 15 is 0 Å². The van der Waals surface area contributed by atoms with E-state index in [9.17, 15) is 9.59 Å². The number of pyridine rings is 1. The van der Waals surface area contributed by atoms with Crippen molar-refractivity contribution in [3.63, 3.8) is 0 Å². The van der Waals surface area contributed by atoms with Crippen LogP contribution in [0, 0.1) is 19.8 Å². The lowest BCUT2D eigenvalue weighted by Crippen LogP contribution is -2.48. The standard InChI is InChI=1S/C20H25N3O3S/c1-11(2)20(5)19(25)22-17(23-20)16-15(7-12(3)8-21-16)18(24)26-9-14-6-13(4)10-27-14/h6-8,10-11,17,23H,9H2,1-5H3,(H,22,25). The third-order valence-corrected chi connectivity index (χ3v) is 6.05. The number of hydrogen-bond donors (Lipinski definition) is 2. The van der Waals surface area contributed by atoms with Crippen molar-refractivity contribution in [2.75, 3.05) is 0 Å². The van der Waals surface area contributed by atoms with Gasteiger partial charge in [-0.2, -0.15) is 0 Å². The number of nitrogens with one attached hydrogen (secondary N) is 2. The highest BCUT2D eigenvalue weighted by molar-refractivity contribution is 7.10. The van der Waals surface area contributed by atoms with Crippen LogP contribution in [0.15, 0.2) is 23.7 Å². The minimum atomic E-state index is -0.715. The van der Waals surface area contributed by atoms with Gasteiger partial charge in [-0.25, -0.2) is 4.79 Å². The Balaban J connectivity index is 1.83. The monoisotopic (exact) mass is 387 g/mol. The minimum Gasteiger partial charge on any atom is -0.456 e. The molecule has 1 aliphatic rings. The summed E-state index contributed by atoms with van der Waals surface area (Å²) in [5.74, 6) is -0.454. The van der Waals surface area contributed by atoms with Gasteiger partial charge in [0.1, 0.15) is 12.8 Å². The molecule has 144 valence electrons. The molecule has 1 saturated heterocycles. The van der Waals surface area contributed by atoms with Crippen molar-refractivity contribution in [1.29, 1.82) is 0 Å². The van der Waals surface area contributed by atoms with Gasteiger partial charge in [0.2, 0.25) is 5.91 Å². The van der Waals surface area contributed by atoms with E-state index in [2.05, 4.69) is 15.6 Å². The number of hydrogen-bond acceptors (Lipinski definition) is 6. The average Bonchev–Trinajstić information content (AvgIpc) is 3.16. The summed E-state index contributed by atoms with van der Waals surface area (Å²) in [5.41, 5.74) is 2.13. The van der Waals surface area contributed by atoms with Crippen LogP contribution in [0.2, 0.25) is 0 Å². The highest BCUT2D eigenvalue weighted by Gasteiger charge is 2.46. The molecule has 2 N–H and O–H groups in total. The number of aromatic nitrogens is 1. The zero-order valence-corrected chi connectivity index (χ0v) is 17.1. The van der Waals surface area contributed by atoms with Gasteiger partial charge in [0.25, 0.3) is 0 Å². The molecule has 2 aromatic rings. The molecule has 1 aliphatic heterocycles. The van der Waals surface area contributed by atoms with Crippen LogP contribution in [0.25, 0.3) is 0 Å². The summed E-state index contributed by atoms with van der Waals surface area (Å²) in [5, 5.41) is 8.23. The van der Waals surface area contributed by atoms with E-state index in [1.165, 1.54) is 0 Å². The van der Waals surface area contributed by atoms with Gasteiger partial charge in [-0.1, -0.05) is 13.8 Å². The molecule has 0 spiro atoms. The molecule has 0 aliphatic carbocycles. The number of amides is 1. The predicted molar refractivity (Wildman–Crippen MR) is 104 cm³/mol. The lowest BCUT2D eigenvalue weighted by molar-refractivity contribution is -0.125. The van der Waals surface area contributed by atoms with E-state index in [0.29, 0.717) is 11.3 Å². The molecule has 2 unspecified atom stereocenters. The third kappa shape index (κ3) is 3.89. The maximum atomic E-state index is 12.7. The summed E-state index contributed by atoms with van der Waals surface area (Å²) in [6.07, 6.45) is 1.16. The molecule has 3 heterocycles. The summed E-state index contributed by atoms with van der Waals surface area (Å²) < 4.78 is 5.50. The fourth-order valence-electron chi connectivity index (χ4n) is 3.00. The van der Waals surface area contributed by atoms with Crippen LogP contribution < -0.4 is 10.6 Å². The number of nitrogens with zero attached hydrogens (tertiary/aromatic N) is 1. The summed E-state index contributed by atoms with van der Waals surface area (Å²) >= 11 is 1.56. The van der Waals surface area contributed by atoms with Crippen LogP contribution in [0.3, 0.4) is 0 Å². The second-order valence-corrected chi connectivity index (χ2v) is 8.52. The van der Waals surface area contributed by atoms with Crippen LogP contribution in [0.5, 0.6) is 0 Å². The molecule has 7 heteroatoms. The summed E-state index contributed by atoms with van der Waals surface area (Å²) in [7, 11) is 0. The molecule has 0 aromatic carbocycles. The Kier molecular flexibility index (Phi) is 5.35. The van der Waals surface area contributed by atoms with E-state index in [0.717, 1.165) is 16.0 Å². The number of esters is 1. The summed E-state index contributed by atoms with van der Waals surface area (Å²) in [4.78, 5) is 30.6. The molecule has 1 fully saturated rings. The van der Waals surface area contributed by atoms with Gasteiger partial charge in [0, 0.05) is 11.1 Å². The highest BCUT2D eigenvalue weighted by Crippen LogP contribution is 2.29. The molecule has 27 heavy (non-hydrogen) atoms. The van der Waals surface area contributed by atoms with Crippen molar-refractivity contribution in [2.24, 2.45) is 5.92 Å². The lowest BCUT2D eigenvalue weighted by Gasteiger charge is -2.26. The Morgan fingerprint density at radius 1 is 1.33 bits per heavy atom. The second-order valence-electron chi connectivity index (χ2n) is 7.52. The quantitative estimate of drug-likeness (QED) is 0.770. The Morgan fingerprint density at radius 3 is 2.67 bits per heavy atom. The molecule has 0 saturated carbocycles. The normalized spacial score (nSPS) is 22.1. The first-order chi connectivity index (χ1) is 12.7. The average molecular weight is 388 g/mol. The number of aryl methyl sites for hydroxylation is 2. The molecule has 6 nitrogen and oxygen atoms in total. The number of rotatable bonds is 5. The number of carbonyl (C=O) groups excluding carboxylic acids is 2. The van der Waals surface area contributed by atoms with Crippen LogP contribution in [-0.2, 0) is 16.1 Å². The molecule has 3 rings (SSSR count). The first kappa shape index (κ1) is 19.5. The number of thiophene rings is 1. The largest absolute Gasteiger partial charge is 0.456 e. The zero-order chi connectivity index (χ0) is 19.8. The van der Waals surface area contributed by atoms with Gasteiger partial charge in [-0.15, -0.1) is 11.3 Å². The van der Waals surface area contributed by atoms with Gasteiger partial charge < -0.3 is 10.1 Å². The van der Waals surface area contributed by atoms with E-state index in [4.69, 9.17) is 4.74 Å². The maximum Gasteiger partial charge on any atom is 0.340 e. The summed E-state index contributed by atoms with van der Waals surface area (Å²) in [6, 6.07) is 3.75. The second kappa shape index (κ2) is 7.40. The van der Waals surface area contributed by atoms with E-state index in [-0.39, 0.29) is 18.4 Å². The lowest BCUT2D eigenvalue weighted by atomic mass is 9.89. The number of ether oxygens (including phenoxy) is 1. The van der Waals surface area contributed by atoms with Crippen molar-refractivity contribution >= 4 is 23.2 Å². The topological polar surface area (TPSA) is 80.3 Å². The molecule has 0 radical (unpaired) electrons. The van der Waals surface area contributed by atoms with Gasteiger partial charge in [-0.05, 0) is 55.3 Å². The molecule has 1 amide bonds. The Morgan fingerprint density at radius 2 is 2.07 bits per heavy atom. The molecule has 2 aromatic heterocycles. The SMILES string of the molecule is Cc1csc(COC(=O)c2cc(C)cnc2C2NC(=O)C(C)(C(C)C)N2)c1. The van der Waals surface area contributed by atoms with Gasteiger partial charge >= 0.3 is 5.97 Å². The molecule has 2 atom stereocenters. The molecular weight excluding hydrogens is 362 g/mol. The molecular formula is C20H25N3O3S. The van der Waals surface area contributed by atoms with Crippen LogP contribution in [-0.4, -0.2) is 22.4 Å². The van der Waals surface area contributed by atoms with Gasteiger partial charge in [-0.3, -0.25) is 15.1 Å². The van der Waals surface area contributed by atoms with Gasteiger partial charge in [0.15, 0.2) is 0 Å². The zero-order valence-electron chi connectivity index (χ0n) is 16.3. The first-order valence-electron chi connectivity index (χ1n) is 8.97. The van der Waals surface area contributed by atoms with E-state index in [1.54, 1.807) is 23.6 Å². The van der Waals surface area contributed by atoms with Crippen molar-refractivity contribution in [1.82, 2.24) is 15.6 Å². The van der Waals surface area contributed by atoms with Crippen LogP contribution in [0.4, 0.5) is 0 Å². The van der Waals surface area contributed by atoms with Crippen molar-refractivity contribution in [2.45, 2.75) is 52.9 Å².